The first kappa shape index (κ1) is 37.3. The molecule has 0 N–H and O–H groups in total. The van der Waals surface area contributed by atoms with Crippen molar-refractivity contribution < 1.29 is 0 Å². The van der Waals surface area contributed by atoms with E-state index in [2.05, 4.69) is 266 Å². The van der Waals surface area contributed by atoms with Crippen molar-refractivity contribution in [2.75, 3.05) is 4.90 Å². The lowest BCUT2D eigenvalue weighted by atomic mass is 9.89. The molecule has 288 valence electrons. The van der Waals surface area contributed by atoms with Gasteiger partial charge in [-0.2, -0.15) is 0 Å². The van der Waals surface area contributed by atoms with Crippen molar-refractivity contribution in [1.82, 2.24) is 0 Å². The van der Waals surface area contributed by atoms with E-state index in [1.807, 2.05) is 0 Å². The number of hydrogen-bond acceptors (Lipinski definition) is 1. The molecule has 0 atom stereocenters. The second-order valence-corrected chi connectivity index (χ2v) is 15.4. The molecule has 0 aromatic heterocycles. The van der Waals surface area contributed by atoms with Crippen LogP contribution in [0.25, 0.3) is 77.9 Å². The summed E-state index contributed by atoms with van der Waals surface area (Å²) in [5.41, 5.74) is 20.0. The minimum atomic E-state index is 1.09. The molecule has 0 amide bonds. The molecule has 0 fully saturated rings. The number of anilines is 3. The summed E-state index contributed by atoms with van der Waals surface area (Å²) in [5.74, 6) is 0. The maximum Gasteiger partial charge on any atom is 0.0462 e. The summed E-state index contributed by atoms with van der Waals surface area (Å²) in [6.45, 7) is 0. The van der Waals surface area contributed by atoms with E-state index in [4.69, 9.17) is 0 Å². The number of benzene rings is 10. The molecule has 10 aromatic rings. The minimum Gasteiger partial charge on any atom is -0.311 e. The van der Waals surface area contributed by atoms with Crippen molar-refractivity contribution in [3.8, 4) is 77.9 Å². The molecule has 0 saturated heterocycles. The van der Waals surface area contributed by atoms with Gasteiger partial charge in [-0.1, -0.05) is 206 Å². The normalized spacial score (nSPS) is 11.0. The van der Waals surface area contributed by atoms with E-state index in [0.717, 1.165) is 22.6 Å². The van der Waals surface area contributed by atoms with E-state index in [1.54, 1.807) is 0 Å². The number of rotatable bonds is 10. The molecule has 1 heteroatoms. The van der Waals surface area contributed by atoms with Crippen LogP contribution in [0.2, 0.25) is 0 Å². The summed E-state index contributed by atoms with van der Waals surface area (Å²) in [5, 5.41) is 0. The van der Waals surface area contributed by atoms with Crippen molar-refractivity contribution in [1.29, 1.82) is 0 Å². The van der Waals surface area contributed by atoms with E-state index in [9.17, 15) is 0 Å². The first-order chi connectivity index (χ1) is 30.2. The lowest BCUT2D eigenvalue weighted by molar-refractivity contribution is 1.28. The second-order valence-electron chi connectivity index (χ2n) is 15.4. The zero-order valence-corrected chi connectivity index (χ0v) is 33.8. The molecule has 0 unspecified atom stereocenters. The average molecular weight is 778 g/mol. The Morgan fingerprint density at radius 2 is 0.443 bits per heavy atom. The highest BCUT2D eigenvalue weighted by Gasteiger charge is 2.16. The van der Waals surface area contributed by atoms with Crippen LogP contribution in [0.3, 0.4) is 0 Å². The van der Waals surface area contributed by atoms with Crippen molar-refractivity contribution in [3.05, 3.63) is 261 Å². The quantitative estimate of drug-likeness (QED) is 0.134. The Morgan fingerprint density at radius 3 is 0.869 bits per heavy atom. The summed E-state index contributed by atoms with van der Waals surface area (Å²) in [7, 11) is 0. The maximum atomic E-state index is 2.37. The smallest absolute Gasteiger partial charge is 0.0462 e. The Morgan fingerprint density at radius 1 is 0.164 bits per heavy atom. The second kappa shape index (κ2) is 17.1. The highest BCUT2D eigenvalue weighted by atomic mass is 15.1. The Labute approximate surface area is 359 Å². The van der Waals surface area contributed by atoms with E-state index in [0.29, 0.717) is 0 Å². The number of hydrogen-bond donors (Lipinski definition) is 0. The van der Waals surface area contributed by atoms with Crippen LogP contribution in [0.1, 0.15) is 0 Å². The Balaban J connectivity index is 1.07. The molecular weight excluding hydrogens is 735 g/mol. The molecule has 0 aliphatic heterocycles. The lowest BCUT2D eigenvalue weighted by Crippen LogP contribution is -2.09. The molecule has 0 aliphatic rings. The third-order valence-electron chi connectivity index (χ3n) is 11.5. The van der Waals surface area contributed by atoms with Gasteiger partial charge in [-0.15, -0.1) is 0 Å². The van der Waals surface area contributed by atoms with Gasteiger partial charge in [0, 0.05) is 17.1 Å². The van der Waals surface area contributed by atoms with Crippen LogP contribution in [0.15, 0.2) is 261 Å². The lowest BCUT2D eigenvalue weighted by Gasteiger charge is -2.26. The fourth-order valence-electron chi connectivity index (χ4n) is 8.32. The summed E-state index contributed by atoms with van der Waals surface area (Å²) in [6.07, 6.45) is 0. The molecule has 1 nitrogen and oxygen atoms in total. The molecule has 10 aromatic carbocycles. The minimum absolute atomic E-state index is 1.09. The molecule has 0 saturated carbocycles. The summed E-state index contributed by atoms with van der Waals surface area (Å²) >= 11 is 0. The Hall–Kier alpha value is -8.00. The van der Waals surface area contributed by atoms with Crippen LogP contribution >= 0.6 is 0 Å². The molecule has 61 heavy (non-hydrogen) atoms. The van der Waals surface area contributed by atoms with Crippen molar-refractivity contribution in [3.63, 3.8) is 0 Å². The SMILES string of the molecule is c1ccc(-c2ccc(N(c3ccc(-c4ccccc4)cc3)c3ccc(-c4cc(-c5cccc(-c6ccccc6)c5)ccc4-c4cccc(-c5ccccc5)c4)cc3)cc2)cc1. The maximum absolute atomic E-state index is 2.37. The van der Waals surface area contributed by atoms with Crippen LogP contribution in [0.4, 0.5) is 17.1 Å². The first-order valence-corrected chi connectivity index (χ1v) is 20.9. The van der Waals surface area contributed by atoms with Gasteiger partial charge in [0.1, 0.15) is 0 Å². The highest BCUT2D eigenvalue weighted by Crippen LogP contribution is 2.41. The highest BCUT2D eigenvalue weighted by molar-refractivity contribution is 5.90. The summed E-state index contributed by atoms with van der Waals surface area (Å²) in [4.78, 5) is 2.35. The van der Waals surface area contributed by atoms with Crippen LogP contribution < -0.4 is 4.90 Å². The Bertz CT molecular complexity index is 2930. The predicted molar refractivity (Wildman–Crippen MR) is 259 cm³/mol. The third kappa shape index (κ3) is 8.06. The van der Waals surface area contributed by atoms with Crippen molar-refractivity contribution in [2.24, 2.45) is 0 Å². The first-order valence-electron chi connectivity index (χ1n) is 20.9. The fourth-order valence-corrected chi connectivity index (χ4v) is 8.32. The molecule has 0 bridgehead atoms. The van der Waals surface area contributed by atoms with Crippen molar-refractivity contribution in [2.45, 2.75) is 0 Å². The van der Waals surface area contributed by atoms with Gasteiger partial charge in [-0.05, 0) is 132 Å². The zero-order chi connectivity index (χ0) is 40.8. The van der Waals surface area contributed by atoms with Crippen LogP contribution in [0.5, 0.6) is 0 Å². The van der Waals surface area contributed by atoms with Gasteiger partial charge in [-0.25, -0.2) is 0 Å². The third-order valence-corrected chi connectivity index (χ3v) is 11.5. The van der Waals surface area contributed by atoms with Crippen LogP contribution in [0, 0.1) is 0 Å². The van der Waals surface area contributed by atoms with Gasteiger partial charge >= 0.3 is 0 Å². The van der Waals surface area contributed by atoms with E-state index in [-0.39, 0.29) is 0 Å². The Kier molecular flexibility index (Phi) is 10.4. The van der Waals surface area contributed by atoms with E-state index < -0.39 is 0 Å². The molecular formula is C60H43N. The molecule has 10 rings (SSSR count). The van der Waals surface area contributed by atoms with Gasteiger partial charge in [0.05, 0.1) is 0 Å². The predicted octanol–water partition coefficient (Wildman–Crippen LogP) is 16.8. The number of nitrogens with zero attached hydrogens (tertiary/aromatic N) is 1. The van der Waals surface area contributed by atoms with Gasteiger partial charge in [0.25, 0.3) is 0 Å². The van der Waals surface area contributed by atoms with Crippen LogP contribution in [-0.4, -0.2) is 0 Å². The monoisotopic (exact) mass is 777 g/mol. The van der Waals surface area contributed by atoms with Gasteiger partial charge in [0.2, 0.25) is 0 Å². The molecule has 0 radical (unpaired) electrons. The van der Waals surface area contributed by atoms with Crippen molar-refractivity contribution >= 4 is 17.1 Å². The molecule has 0 aliphatic carbocycles. The summed E-state index contributed by atoms with van der Waals surface area (Å²) < 4.78 is 0. The van der Waals surface area contributed by atoms with Crippen LogP contribution in [-0.2, 0) is 0 Å². The largest absolute Gasteiger partial charge is 0.311 e. The molecule has 0 heterocycles. The standard InChI is InChI=1S/C60H43N/c1-5-15-44(16-6-1)48-27-34-56(35-28-48)61(57-36-29-49(30-37-57)45-17-7-2-8-18-45)58-38-31-50(32-39-58)60-43-54(53-25-13-23-51(41-53)46-19-9-3-10-20-46)33-40-59(60)55-26-14-24-52(42-55)47-21-11-4-12-22-47/h1-43H. The topological polar surface area (TPSA) is 3.24 Å². The van der Waals surface area contributed by atoms with E-state index >= 15 is 0 Å². The molecule has 0 spiro atoms. The fraction of sp³-hybridized carbons (Fsp3) is 0. The van der Waals surface area contributed by atoms with Gasteiger partial charge < -0.3 is 4.90 Å². The van der Waals surface area contributed by atoms with Gasteiger partial charge in [0.15, 0.2) is 0 Å². The average Bonchev–Trinajstić information content (AvgIpc) is 3.36. The van der Waals surface area contributed by atoms with E-state index in [1.165, 1.54) is 72.3 Å². The zero-order valence-electron chi connectivity index (χ0n) is 33.8. The summed E-state index contributed by atoms with van der Waals surface area (Å²) in [6, 6.07) is 94.0. The van der Waals surface area contributed by atoms with Gasteiger partial charge in [-0.3, -0.25) is 0 Å².